The highest BCUT2D eigenvalue weighted by atomic mass is 16.5. The van der Waals surface area contributed by atoms with Gasteiger partial charge in [0.25, 0.3) is 0 Å². The number of rotatable bonds is 9. The van der Waals surface area contributed by atoms with Gasteiger partial charge in [0.1, 0.15) is 0 Å². The molecule has 4 nitrogen and oxygen atoms in total. The van der Waals surface area contributed by atoms with E-state index in [1.807, 2.05) is 20.0 Å². The van der Waals surface area contributed by atoms with Gasteiger partial charge in [-0.2, -0.15) is 0 Å². The monoisotopic (exact) mass is 214 g/mol. The summed E-state index contributed by atoms with van der Waals surface area (Å²) in [5.41, 5.74) is 0. The van der Waals surface area contributed by atoms with Gasteiger partial charge >= 0.3 is 0 Å². The van der Waals surface area contributed by atoms with Crippen molar-refractivity contribution in [3.63, 3.8) is 0 Å². The van der Waals surface area contributed by atoms with E-state index in [4.69, 9.17) is 4.74 Å². The van der Waals surface area contributed by atoms with Crippen LogP contribution in [0.3, 0.4) is 0 Å². The normalized spacial score (nSPS) is 12.1. The Bertz CT molecular complexity index is 183. The predicted octanol–water partition coefficient (Wildman–Crippen LogP) is 0.551. The van der Waals surface area contributed by atoms with E-state index in [1.165, 1.54) is 0 Å². The van der Waals surface area contributed by atoms with E-state index in [0.717, 1.165) is 6.42 Å². The second-order valence-electron chi connectivity index (χ2n) is 3.44. The molecule has 1 amide bonds. The number of nitrogens with one attached hydrogen (secondary N) is 2. The Morgan fingerprint density at radius 2 is 2.27 bits per heavy atom. The fourth-order valence-corrected chi connectivity index (χ4v) is 1.09. The van der Waals surface area contributed by atoms with Crippen molar-refractivity contribution in [2.75, 3.05) is 33.4 Å². The first kappa shape index (κ1) is 14.1. The van der Waals surface area contributed by atoms with E-state index >= 15 is 0 Å². The van der Waals surface area contributed by atoms with Crippen molar-refractivity contribution in [3.8, 4) is 0 Å². The molecule has 0 aromatic rings. The SMILES string of the molecule is C=CCCOCCNC(=O)C(C)CNC. The molecule has 1 unspecified atom stereocenters. The molecule has 0 rings (SSSR count). The van der Waals surface area contributed by atoms with Crippen LogP contribution in [-0.4, -0.2) is 39.3 Å². The molecule has 15 heavy (non-hydrogen) atoms. The number of hydrogen-bond donors (Lipinski definition) is 2. The zero-order valence-electron chi connectivity index (χ0n) is 9.71. The van der Waals surface area contributed by atoms with Crippen molar-refractivity contribution in [1.82, 2.24) is 10.6 Å². The molecule has 0 spiro atoms. The van der Waals surface area contributed by atoms with E-state index in [-0.39, 0.29) is 11.8 Å². The van der Waals surface area contributed by atoms with Gasteiger partial charge < -0.3 is 15.4 Å². The molecule has 4 heteroatoms. The van der Waals surface area contributed by atoms with Crippen LogP contribution in [-0.2, 0) is 9.53 Å². The van der Waals surface area contributed by atoms with E-state index in [1.54, 1.807) is 0 Å². The third-order valence-electron chi connectivity index (χ3n) is 1.97. The van der Waals surface area contributed by atoms with Gasteiger partial charge in [0.2, 0.25) is 5.91 Å². The van der Waals surface area contributed by atoms with Crippen LogP contribution in [0.25, 0.3) is 0 Å². The molecule has 0 fully saturated rings. The average molecular weight is 214 g/mol. The lowest BCUT2D eigenvalue weighted by molar-refractivity contribution is -0.124. The molecule has 0 saturated carbocycles. The van der Waals surface area contributed by atoms with E-state index in [0.29, 0.717) is 26.3 Å². The lowest BCUT2D eigenvalue weighted by Crippen LogP contribution is -2.36. The topological polar surface area (TPSA) is 50.4 Å². The van der Waals surface area contributed by atoms with Crippen LogP contribution in [0.4, 0.5) is 0 Å². The summed E-state index contributed by atoms with van der Waals surface area (Å²) in [4.78, 5) is 11.4. The van der Waals surface area contributed by atoms with Gasteiger partial charge in [-0.1, -0.05) is 13.0 Å². The number of carbonyl (C=O) groups is 1. The smallest absolute Gasteiger partial charge is 0.224 e. The summed E-state index contributed by atoms with van der Waals surface area (Å²) in [7, 11) is 1.84. The Kier molecular flexibility index (Phi) is 9.11. The molecule has 0 aromatic carbocycles. The number of carbonyl (C=O) groups excluding carboxylic acids is 1. The van der Waals surface area contributed by atoms with Gasteiger partial charge in [-0.25, -0.2) is 0 Å². The molecule has 88 valence electrons. The lowest BCUT2D eigenvalue weighted by atomic mass is 10.1. The van der Waals surface area contributed by atoms with Crippen molar-refractivity contribution in [2.24, 2.45) is 5.92 Å². The Balaban J connectivity index is 3.34. The first-order valence-electron chi connectivity index (χ1n) is 5.33. The van der Waals surface area contributed by atoms with Crippen molar-refractivity contribution < 1.29 is 9.53 Å². The molecule has 0 aliphatic carbocycles. The molecule has 0 aliphatic rings. The van der Waals surface area contributed by atoms with Crippen LogP contribution in [0.5, 0.6) is 0 Å². The third kappa shape index (κ3) is 8.15. The second kappa shape index (κ2) is 9.68. The summed E-state index contributed by atoms with van der Waals surface area (Å²) in [6.07, 6.45) is 2.66. The summed E-state index contributed by atoms with van der Waals surface area (Å²) in [5.74, 6) is 0.0693. The lowest BCUT2D eigenvalue weighted by Gasteiger charge is -2.11. The Labute approximate surface area is 92.1 Å². The van der Waals surface area contributed by atoms with Crippen LogP contribution in [0.15, 0.2) is 12.7 Å². The molecular formula is C11H22N2O2. The van der Waals surface area contributed by atoms with Crippen LogP contribution >= 0.6 is 0 Å². The second-order valence-corrected chi connectivity index (χ2v) is 3.44. The molecule has 0 bridgehead atoms. The first-order valence-corrected chi connectivity index (χ1v) is 5.33. The van der Waals surface area contributed by atoms with Crippen molar-refractivity contribution in [3.05, 3.63) is 12.7 Å². The van der Waals surface area contributed by atoms with E-state index < -0.39 is 0 Å². The predicted molar refractivity (Wildman–Crippen MR) is 61.7 cm³/mol. The summed E-state index contributed by atoms with van der Waals surface area (Å²) in [6.45, 7) is 7.99. The minimum atomic E-state index is 0.00294. The highest BCUT2D eigenvalue weighted by molar-refractivity contribution is 5.78. The van der Waals surface area contributed by atoms with Crippen LogP contribution in [0, 0.1) is 5.92 Å². The van der Waals surface area contributed by atoms with Gasteiger partial charge in [0, 0.05) is 19.0 Å². The molecule has 2 N–H and O–H groups in total. The largest absolute Gasteiger partial charge is 0.379 e. The minimum Gasteiger partial charge on any atom is -0.379 e. The summed E-state index contributed by atoms with van der Waals surface area (Å²) in [5, 5.41) is 5.78. The third-order valence-corrected chi connectivity index (χ3v) is 1.97. The van der Waals surface area contributed by atoms with Crippen molar-refractivity contribution >= 4 is 5.91 Å². The van der Waals surface area contributed by atoms with E-state index in [2.05, 4.69) is 17.2 Å². The molecule has 0 aliphatic heterocycles. The summed E-state index contributed by atoms with van der Waals surface area (Å²) in [6, 6.07) is 0. The zero-order chi connectivity index (χ0) is 11.5. The molecule has 0 radical (unpaired) electrons. The summed E-state index contributed by atoms with van der Waals surface area (Å²) >= 11 is 0. The van der Waals surface area contributed by atoms with Crippen molar-refractivity contribution in [2.45, 2.75) is 13.3 Å². The quantitative estimate of drug-likeness (QED) is 0.435. The maximum absolute atomic E-state index is 11.4. The maximum Gasteiger partial charge on any atom is 0.224 e. The molecule has 1 atom stereocenters. The highest BCUT2D eigenvalue weighted by Gasteiger charge is 2.10. The first-order chi connectivity index (χ1) is 7.22. The van der Waals surface area contributed by atoms with Gasteiger partial charge in [0.05, 0.1) is 13.2 Å². The zero-order valence-corrected chi connectivity index (χ0v) is 9.71. The fourth-order valence-electron chi connectivity index (χ4n) is 1.09. The fraction of sp³-hybridized carbons (Fsp3) is 0.727. The Hall–Kier alpha value is -0.870. The maximum atomic E-state index is 11.4. The Morgan fingerprint density at radius 3 is 2.87 bits per heavy atom. The standard InChI is InChI=1S/C11H22N2O2/c1-4-5-7-15-8-6-13-11(14)10(2)9-12-3/h4,10,12H,1,5-9H2,2-3H3,(H,13,14). The van der Waals surface area contributed by atoms with Gasteiger partial charge in [-0.05, 0) is 13.5 Å². The number of hydrogen-bond acceptors (Lipinski definition) is 3. The highest BCUT2D eigenvalue weighted by Crippen LogP contribution is 1.91. The van der Waals surface area contributed by atoms with Gasteiger partial charge in [-0.15, -0.1) is 6.58 Å². The van der Waals surface area contributed by atoms with Crippen LogP contribution in [0.1, 0.15) is 13.3 Å². The number of ether oxygens (including phenoxy) is 1. The van der Waals surface area contributed by atoms with Gasteiger partial charge in [-0.3, -0.25) is 4.79 Å². The van der Waals surface area contributed by atoms with E-state index in [9.17, 15) is 4.79 Å². The molecular weight excluding hydrogens is 192 g/mol. The van der Waals surface area contributed by atoms with Gasteiger partial charge in [0.15, 0.2) is 0 Å². The average Bonchev–Trinajstić information content (AvgIpc) is 2.23. The Morgan fingerprint density at radius 1 is 1.53 bits per heavy atom. The van der Waals surface area contributed by atoms with Crippen LogP contribution in [0.2, 0.25) is 0 Å². The molecule has 0 saturated heterocycles. The number of amides is 1. The molecule has 0 heterocycles. The van der Waals surface area contributed by atoms with Crippen molar-refractivity contribution in [1.29, 1.82) is 0 Å². The summed E-state index contributed by atoms with van der Waals surface area (Å²) < 4.78 is 5.26. The molecule has 0 aromatic heterocycles. The van der Waals surface area contributed by atoms with Crippen LogP contribution < -0.4 is 10.6 Å². The minimum absolute atomic E-state index is 0.00294.